The Bertz CT molecular complexity index is 2840. The van der Waals surface area contributed by atoms with Gasteiger partial charge in [0.25, 0.3) is 0 Å². The van der Waals surface area contributed by atoms with Crippen LogP contribution in [0.5, 0.6) is 0 Å². The van der Waals surface area contributed by atoms with E-state index in [0.717, 1.165) is 44.5 Å². The molecule has 0 amide bonds. The van der Waals surface area contributed by atoms with Gasteiger partial charge in [-0.15, -0.1) is 0 Å². The number of nitriles is 1. The van der Waals surface area contributed by atoms with E-state index in [9.17, 15) is 5.26 Å². The molecule has 57 heavy (non-hydrogen) atoms. The second-order valence-electron chi connectivity index (χ2n) is 14.3. The maximum Gasteiger partial charge on any atom is 0.164 e. The van der Waals surface area contributed by atoms with E-state index in [1.54, 1.807) is 0 Å². The molecule has 9 aromatic rings. The molecule has 0 atom stereocenters. The second kappa shape index (κ2) is 14.2. The third-order valence-corrected chi connectivity index (χ3v) is 11.1. The summed E-state index contributed by atoms with van der Waals surface area (Å²) in [7, 11) is 0. The number of hydrogen-bond acceptors (Lipinski definition) is 4. The Balaban J connectivity index is 1.15. The van der Waals surface area contributed by atoms with Gasteiger partial charge in [-0.3, -0.25) is 0 Å². The minimum absolute atomic E-state index is 0.621. The van der Waals surface area contributed by atoms with Gasteiger partial charge in [0.05, 0.1) is 17.0 Å². The van der Waals surface area contributed by atoms with Crippen molar-refractivity contribution in [3.8, 4) is 73.6 Å². The van der Waals surface area contributed by atoms with E-state index in [2.05, 4.69) is 127 Å². The van der Waals surface area contributed by atoms with Crippen LogP contribution in [0.1, 0.15) is 27.8 Å². The van der Waals surface area contributed by atoms with Gasteiger partial charge in [-0.1, -0.05) is 182 Å². The van der Waals surface area contributed by atoms with Crippen molar-refractivity contribution >= 4 is 0 Å². The molecule has 0 radical (unpaired) electrons. The molecule has 1 heterocycles. The molecule has 0 spiro atoms. The molecule has 0 N–H and O–H groups in total. The van der Waals surface area contributed by atoms with Crippen LogP contribution in [0, 0.1) is 11.3 Å². The van der Waals surface area contributed by atoms with Crippen molar-refractivity contribution in [2.45, 2.75) is 5.41 Å². The van der Waals surface area contributed by atoms with Gasteiger partial charge in [-0.2, -0.15) is 5.26 Å². The summed E-state index contributed by atoms with van der Waals surface area (Å²) < 4.78 is 0. The highest BCUT2D eigenvalue weighted by molar-refractivity contribution is 5.87. The lowest BCUT2D eigenvalue weighted by atomic mass is 9.67. The van der Waals surface area contributed by atoms with Gasteiger partial charge in [0.1, 0.15) is 0 Å². The number of nitrogens with zero attached hydrogens (tertiary/aromatic N) is 4. The summed E-state index contributed by atoms with van der Waals surface area (Å²) in [5, 5.41) is 9.27. The quantitative estimate of drug-likeness (QED) is 0.164. The molecule has 8 aromatic carbocycles. The van der Waals surface area contributed by atoms with Crippen molar-refractivity contribution in [3.63, 3.8) is 0 Å². The van der Waals surface area contributed by atoms with Crippen molar-refractivity contribution in [1.82, 2.24) is 15.0 Å². The van der Waals surface area contributed by atoms with Crippen LogP contribution in [0.2, 0.25) is 0 Å². The summed E-state index contributed by atoms with van der Waals surface area (Å²) in [6, 6.07) is 74.2. The third-order valence-electron chi connectivity index (χ3n) is 11.1. The first kappa shape index (κ1) is 33.8. The zero-order chi connectivity index (χ0) is 38.2. The number of aromatic nitrogens is 3. The molecular weight excluding hydrogens is 693 g/mol. The molecule has 4 nitrogen and oxygen atoms in total. The summed E-state index contributed by atoms with van der Waals surface area (Å²) in [4.78, 5) is 15.2. The fourth-order valence-electron chi connectivity index (χ4n) is 8.38. The minimum Gasteiger partial charge on any atom is -0.208 e. The molecule has 0 saturated carbocycles. The van der Waals surface area contributed by atoms with Gasteiger partial charge in [-0.25, -0.2) is 15.0 Å². The lowest BCUT2D eigenvalue weighted by Gasteiger charge is -2.34. The maximum absolute atomic E-state index is 9.27. The molecule has 0 fully saturated rings. The fourth-order valence-corrected chi connectivity index (χ4v) is 8.38. The van der Waals surface area contributed by atoms with Crippen LogP contribution < -0.4 is 0 Å². The van der Waals surface area contributed by atoms with Crippen LogP contribution in [0.3, 0.4) is 0 Å². The first-order valence-corrected chi connectivity index (χ1v) is 19.1. The Labute approximate surface area is 332 Å². The van der Waals surface area contributed by atoms with Crippen molar-refractivity contribution in [3.05, 3.63) is 234 Å². The molecule has 0 saturated heterocycles. The lowest BCUT2D eigenvalue weighted by molar-refractivity contribution is 0.769. The van der Waals surface area contributed by atoms with Crippen LogP contribution >= 0.6 is 0 Å². The van der Waals surface area contributed by atoms with E-state index in [1.165, 1.54) is 27.8 Å². The van der Waals surface area contributed by atoms with Gasteiger partial charge in [0.15, 0.2) is 17.5 Å². The molecule has 1 aromatic heterocycles. The van der Waals surface area contributed by atoms with Crippen LogP contribution in [0.25, 0.3) is 67.5 Å². The van der Waals surface area contributed by atoms with E-state index < -0.39 is 5.41 Å². The minimum atomic E-state index is -0.626. The first-order valence-electron chi connectivity index (χ1n) is 19.1. The largest absolute Gasteiger partial charge is 0.208 e. The number of benzene rings is 8. The third kappa shape index (κ3) is 5.90. The zero-order valence-corrected chi connectivity index (χ0v) is 30.9. The van der Waals surface area contributed by atoms with Gasteiger partial charge < -0.3 is 0 Å². The summed E-state index contributed by atoms with van der Waals surface area (Å²) in [5.74, 6) is 1.89. The molecule has 0 aliphatic heterocycles. The highest BCUT2D eigenvalue weighted by Crippen LogP contribution is 2.56. The molecule has 266 valence electrons. The van der Waals surface area contributed by atoms with Crippen molar-refractivity contribution in [1.29, 1.82) is 5.26 Å². The van der Waals surface area contributed by atoms with E-state index in [-0.39, 0.29) is 0 Å². The van der Waals surface area contributed by atoms with E-state index in [1.807, 2.05) is 84.9 Å². The first-order chi connectivity index (χ1) is 28.2. The molecule has 10 rings (SSSR count). The highest BCUT2D eigenvalue weighted by atomic mass is 15.0. The molecule has 0 unspecified atom stereocenters. The summed E-state index contributed by atoms with van der Waals surface area (Å²) >= 11 is 0. The van der Waals surface area contributed by atoms with Gasteiger partial charge in [0.2, 0.25) is 0 Å². The average molecular weight is 727 g/mol. The normalized spacial score (nSPS) is 12.3. The predicted octanol–water partition coefficient (Wildman–Crippen LogP) is 12.4. The predicted molar refractivity (Wildman–Crippen MR) is 229 cm³/mol. The summed E-state index contributed by atoms with van der Waals surface area (Å²) in [5.41, 5.74) is 14.5. The fraction of sp³-hybridized carbons (Fsp3) is 0.0189. The van der Waals surface area contributed by atoms with Crippen LogP contribution in [-0.2, 0) is 5.41 Å². The SMILES string of the molecule is N#Cc1ccc(-c2ccc(-c3cccc(C4(c5cccc(-c6nc(-c7ccccc7)nc(-c7ccccc7)n6)c5)c5ccccc5-c5ccccc54)c3)cc2)cc1. The summed E-state index contributed by atoms with van der Waals surface area (Å²) in [6.45, 7) is 0. The number of rotatable bonds is 7. The Morgan fingerprint density at radius 1 is 0.333 bits per heavy atom. The molecule has 1 aliphatic carbocycles. The monoisotopic (exact) mass is 726 g/mol. The zero-order valence-electron chi connectivity index (χ0n) is 30.9. The van der Waals surface area contributed by atoms with Crippen LogP contribution in [0.15, 0.2) is 206 Å². The van der Waals surface area contributed by atoms with Crippen molar-refractivity contribution in [2.75, 3.05) is 0 Å². The average Bonchev–Trinajstić information content (AvgIpc) is 3.61. The van der Waals surface area contributed by atoms with E-state index in [4.69, 9.17) is 15.0 Å². The molecular formula is C53H34N4. The van der Waals surface area contributed by atoms with Gasteiger partial charge in [0, 0.05) is 16.7 Å². The smallest absolute Gasteiger partial charge is 0.164 e. The van der Waals surface area contributed by atoms with Gasteiger partial charge in [-0.05, 0) is 79.9 Å². The van der Waals surface area contributed by atoms with Crippen molar-refractivity contribution in [2.24, 2.45) is 0 Å². The van der Waals surface area contributed by atoms with Crippen LogP contribution in [0.4, 0.5) is 0 Å². The molecule has 1 aliphatic rings. The van der Waals surface area contributed by atoms with Crippen LogP contribution in [-0.4, -0.2) is 15.0 Å². The van der Waals surface area contributed by atoms with Crippen molar-refractivity contribution < 1.29 is 0 Å². The Morgan fingerprint density at radius 2 is 0.719 bits per heavy atom. The topological polar surface area (TPSA) is 62.5 Å². The summed E-state index contributed by atoms with van der Waals surface area (Å²) in [6.07, 6.45) is 0. The lowest BCUT2D eigenvalue weighted by Crippen LogP contribution is -2.28. The van der Waals surface area contributed by atoms with E-state index >= 15 is 0 Å². The van der Waals surface area contributed by atoms with Gasteiger partial charge >= 0.3 is 0 Å². The highest BCUT2D eigenvalue weighted by Gasteiger charge is 2.46. The number of hydrogen-bond donors (Lipinski definition) is 0. The Kier molecular flexibility index (Phi) is 8.39. The van der Waals surface area contributed by atoms with E-state index in [0.29, 0.717) is 23.0 Å². The Morgan fingerprint density at radius 3 is 1.23 bits per heavy atom. The number of fused-ring (bicyclic) bond motifs is 3. The Hall–Kier alpha value is -7.74. The molecule has 0 bridgehead atoms. The maximum atomic E-state index is 9.27. The standard InChI is InChI=1S/C53H34N4/c54-35-36-25-27-37(28-26-36)38-29-31-39(32-30-38)42-17-11-19-44(33-42)53(48-23-9-7-21-46(48)47-22-8-10-24-49(47)53)45-20-12-18-43(34-45)52-56-50(40-13-3-1-4-14-40)55-51(57-52)41-15-5-2-6-16-41/h1-34H. The second-order valence-corrected chi connectivity index (χ2v) is 14.3. The molecule has 4 heteroatoms.